The molecule has 0 fully saturated rings. The standard InChI is InChI=1S/C22H18F2N2O5/c1-3-25-10-15(21(28)29)20(27)14-7-16(23)19(17(24)18(14)25)26-8-12-5-4-11(22(30)31-2)6-13(12)9-26/h4-7,10H,3,8-9H2,1-2H3,(H,28,29). The summed E-state index contributed by atoms with van der Waals surface area (Å²) in [6.45, 7) is 2.21. The summed E-state index contributed by atoms with van der Waals surface area (Å²) in [5.74, 6) is -3.87. The van der Waals surface area contributed by atoms with E-state index in [4.69, 9.17) is 4.74 Å². The average Bonchev–Trinajstić information content (AvgIpc) is 3.16. The van der Waals surface area contributed by atoms with E-state index in [2.05, 4.69) is 0 Å². The molecule has 0 aliphatic carbocycles. The molecule has 0 bridgehead atoms. The number of pyridine rings is 1. The highest BCUT2D eigenvalue weighted by molar-refractivity contribution is 5.94. The molecule has 1 aromatic heterocycles. The van der Waals surface area contributed by atoms with Gasteiger partial charge >= 0.3 is 11.9 Å². The molecule has 2 aromatic carbocycles. The Hall–Kier alpha value is -3.75. The van der Waals surface area contributed by atoms with Gasteiger partial charge in [0, 0.05) is 25.8 Å². The summed E-state index contributed by atoms with van der Waals surface area (Å²) in [7, 11) is 1.27. The number of halogens is 2. The van der Waals surface area contributed by atoms with Crippen LogP contribution in [0.5, 0.6) is 0 Å². The second kappa shape index (κ2) is 7.50. The van der Waals surface area contributed by atoms with Crippen molar-refractivity contribution in [3.8, 4) is 0 Å². The van der Waals surface area contributed by atoms with Gasteiger partial charge in [-0.1, -0.05) is 6.07 Å². The SMILES string of the molecule is CCn1cc(C(=O)O)c(=O)c2cc(F)c(N3Cc4ccc(C(=O)OC)cc4C3)c(F)c21. The third-order valence-corrected chi connectivity index (χ3v) is 5.47. The van der Waals surface area contributed by atoms with Crippen LogP contribution < -0.4 is 10.3 Å². The first kappa shape index (κ1) is 20.5. The number of aromatic nitrogens is 1. The Balaban J connectivity index is 1.85. The highest BCUT2D eigenvalue weighted by Crippen LogP contribution is 2.35. The number of hydrogen-bond acceptors (Lipinski definition) is 5. The van der Waals surface area contributed by atoms with Gasteiger partial charge in [0.2, 0.25) is 5.43 Å². The van der Waals surface area contributed by atoms with Crippen LogP contribution in [-0.2, 0) is 24.4 Å². The molecular weight excluding hydrogens is 410 g/mol. The molecule has 160 valence electrons. The molecule has 4 rings (SSSR count). The monoisotopic (exact) mass is 428 g/mol. The molecule has 1 aliphatic rings. The molecule has 2 heterocycles. The smallest absolute Gasteiger partial charge is 0.341 e. The first-order valence-electron chi connectivity index (χ1n) is 9.50. The number of benzene rings is 2. The van der Waals surface area contributed by atoms with Gasteiger partial charge in [-0.2, -0.15) is 0 Å². The van der Waals surface area contributed by atoms with Gasteiger partial charge in [0.05, 0.1) is 23.6 Å². The number of nitrogens with zero attached hydrogens (tertiary/aromatic N) is 2. The van der Waals surface area contributed by atoms with Crippen LogP contribution in [0.4, 0.5) is 14.5 Å². The van der Waals surface area contributed by atoms with Crippen molar-refractivity contribution in [1.29, 1.82) is 0 Å². The summed E-state index contributed by atoms with van der Waals surface area (Å²) in [4.78, 5) is 37.1. The lowest BCUT2D eigenvalue weighted by Gasteiger charge is -2.21. The molecule has 1 N–H and O–H groups in total. The van der Waals surface area contributed by atoms with E-state index < -0.39 is 34.6 Å². The molecule has 9 heteroatoms. The van der Waals surface area contributed by atoms with Gasteiger partial charge in [-0.3, -0.25) is 4.79 Å². The zero-order valence-corrected chi connectivity index (χ0v) is 16.7. The van der Waals surface area contributed by atoms with Crippen LogP contribution in [0, 0.1) is 11.6 Å². The van der Waals surface area contributed by atoms with Crippen LogP contribution in [0.1, 0.15) is 38.8 Å². The van der Waals surface area contributed by atoms with Crippen LogP contribution in [0.3, 0.4) is 0 Å². The molecule has 3 aromatic rings. The molecule has 7 nitrogen and oxygen atoms in total. The normalized spacial score (nSPS) is 12.8. The van der Waals surface area contributed by atoms with Crippen LogP contribution >= 0.6 is 0 Å². The number of anilines is 1. The maximum absolute atomic E-state index is 15.6. The Labute approximate surface area is 175 Å². The third kappa shape index (κ3) is 3.22. The summed E-state index contributed by atoms with van der Waals surface area (Å²) >= 11 is 0. The summed E-state index contributed by atoms with van der Waals surface area (Å²) in [5.41, 5.74) is -0.0815. The predicted octanol–water partition coefficient (Wildman–Crippen LogP) is 3.30. The van der Waals surface area contributed by atoms with Crippen molar-refractivity contribution in [3.63, 3.8) is 0 Å². The fourth-order valence-electron chi connectivity index (χ4n) is 3.97. The van der Waals surface area contributed by atoms with Gasteiger partial charge < -0.3 is 19.3 Å². The van der Waals surface area contributed by atoms with E-state index in [0.717, 1.165) is 23.4 Å². The van der Waals surface area contributed by atoms with Gasteiger partial charge in [0.25, 0.3) is 0 Å². The van der Waals surface area contributed by atoms with E-state index in [-0.39, 0.29) is 36.2 Å². The zero-order valence-electron chi connectivity index (χ0n) is 16.7. The number of hydrogen-bond donors (Lipinski definition) is 1. The molecule has 0 radical (unpaired) electrons. The van der Waals surface area contributed by atoms with Gasteiger partial charge in [-0.05, 0) is 36.2 Å². The molecule has 0 spiro atoms. The Morgan fingerprint density at radius 2 is 1.87 bits per heavy atom. The number of carboxylic acid groups (broad SMARTS) is 1. The maximum atomic E-state index is 15.6. The lowest BCUT2D eigenvalue weighted by molar-refractivity contribution is 0.0599. The van der Waals surface area contributed by atoms with Crippen LogP contribution in [0.15, 0.2) is 35.3 Å². The fourth-order valence-corrected chi connectivity index (χ4v) is 3.97. The van der Waals surface area contributed by atoms with Gasteiger partial charge in [-0.15, -0.1) is 0 Å². The number of rotatable bonds is 4. The number of methoxy groups -OCH3 is 1. The molecule has 0 saturated carbocycles. The first-order valence-corrected chi connectivity index (χ1v) is 9.50. The molecule has 0 saturated heterocycles. The van der Waals surface area contributed by atoms with E-state index in [9.17, 15) is 19.5 Å². The number of carbonyl (C=O) groups excluding carboxylic acids is 1. The topological polar surface area (TPSA) is 88.8 Å². The molecule has 31 heavy (non-hydrogen) atoms. The van der Waals surface area contributed by atoms with Gasteiger partial charge in [-0.25, -0.2) is 18.4 Å². The Kier molecular flexibility index (Phi) is 4.96. The van der Waals surface area contributed by atoms with Crippen molar-refractivity contribution in [3.05, 3.63) is 74.6 Å². The number of aryl methyl sites for hydroxylation is 1. The van der Waals surface area contributed by atoms with Crippen molar-refractivity contribution in [2.24, 2.45) is 0 Å². The summed E-state index contributed by atoms with van der Waals surface area (Å²) in [6, 6.07) is 5.81. The molecule has 1 aliphatic heterocycles. The molecular formula is C22H18F2N2O5. The van der Waals surface area contributed by atoms with Crippen molar-refractivity contribution >= 4 is 28.5 Å². The van der Waals surface area contributed by atoms with Gasteiger partial charge in [0.1, 0.15) is 17.1 Å². The van der Waals surface area contributed by atoms with E-state index >= 15 is 8.78 Å². The van der Waals surface area contributed by atoms with Crippen molar-refractivity contribution in [2.45, 2.75) is 26.6 Å². The quantitative estimate of drug-likeness (QED) is 0.642. The van der Waals surface area contributed by atoms with Crippen molar-refractivity contribution in [2.75, 3.05) is 12.0 Å². The molecule has 0 atom stereocenters. The van der Waals surface area contributed by atoms with Crippen LogP contribution in [0.25, 0.3) is 10.9 Å². The minimum Gasteiger partial charge on any atom is -0.477 e. The summed E-state index contributed by atoms with van der Waals surface area (Å²) in [5, 5.41) is 8.92. The zero-order chi connectivity index (χ0) is 22.4. The third-order valence-electron chi connectivity index (χ3n) is 5.47. The summed E-state index contributed by atoms with van der Waals surface area (Å²) in [6.07, 6.45) is 1.07. The minimum absolute atomic E-state index is 0.153. The van der Waals surface area contributed by atoms with Crippen LogP contribution in [0.2, 0.25) is 0 Å². The van der Waals surface area contributed by atoms with E-state index in [1.54, 1.807) is 25.1 Å². The number of fused-ring (bicyclic) bond motifs is 2. The van der Waals surface area contributed by atoms with E-state index in [1.807, 2.05) is 0 Å². The first-order chi connectivity index (χ1) is 14.8. The number of aromatic carboxylic acids is 1. The molecule has 0 amide bonds. The predicted molar refractivity (Wildman–Crippen MR) is 108 cm³/mol. The second-order valence-corrected chi connectivity index (χ2v) is 7.21. The van der Waals surface area contributed by atoms with Crippen molar-refractivity contribution < 1.29 is 28.2 Å². The highest BCUT2D eigenvalue weighted by atomic mass is 19.1. The Bertz CT molecular complexity index is 1320. The lowest BCUT2D eigenvalue weighted by Crippen LogP contribution is -2.22. The maximum Gasteiger partial charge on any atom is 0.341 e. The van der Waals surface area contributed by atoms with E-state index in [1.165, 1.54) is 16.6 Å². The lowest BCUT2D eigenvalue weighted by atomic mass is 10.1. The van der Waals surface area contributed by atoms with E-state index in [0.29, 0.717) is 5.56 Å². The number of esters is 1. The molecule has 0 unspecified atom stereocenters. The second-order valence-electron chi connectivity index (χ2n) is 7.21. The largest absolute Gasteiger partial charge is 0.477 e. The van der Waals surface area contributed by atoms with Gasteiger partial charge in [0.15, 0.2) is 5.82 Å². The Morgan fingerprint density at radius 3 is 2.52 bits per heavy atom. The average molecular weight is 428 g/mol. The minimum atomic E-state index is -1.46. The Morgan fingerprint density at radius 1 is 1.16 bits per heavy atom. The fraction of sp³-hybridized carbons (Fsp3) is 0.227. The van der Waals surface area contributed by atoms with Crippen molar-refractivity contribution in [1.82, 2.24) is 4.57 Å². The number of ether oxygens (including phenoxy) is 1. The highest BCUT2D eigenvalue weighted by Gasteiger charge is 2.29. The summed E-state index contributed by atoms with van der Waals surface area (Å²) < 4.78 is 36.6. The van der Waals surface area contributed by atoms with Crippen LogP contribution in [-0.4, -0.2) is 28.7 Å². The number of carbonyl (C=O) groups is 2. The number of carboxylic acids is 1.